The summed E-state index contributed by atoms with van der Waals surface area (Å²) in [7, 11) is -3.00. The molecule has 9 aromatic carbocycles. The van der Waals surface area contributed by atoms with Gasteiger partial charge >= 0.3 is 0 Å². The van der Waals surface area contributed by atoms with Gasteiger partial charge in [0.1, 0.15) is 0 Å². The van der Waals surface area contributed by atoms with E-state index in [4.69, 9.17) is 4.98 Å². The number of fused-ring (bicyclic) bond motifs is 9. The molecule has 0 aliphatic carbocycles. The van der Waals surface area contributed by atoms with E-state index in [1.165, 1.54) is 79.3 Å². The normalized spacial score (nSPS) is 12.1. The number of hydrogen-bond donors (Lipinski definition) is 0. The topological polar surface area (TPSA) is 22.8 Å². The fourth-order valence-corrected chi connectivity index (χ4v) is 16.9. The highest BCUT2D eigenvalue weighted by atomic mass is 32.1. The Bertz CT molecular complexity index is 3860. The van der Waals surface area contributed by atoms with Crippen molar-refractivity contribution in [1.82, 2.24) is 14.1 Å². The zero-order valence-corrected chi connectivity index (χ0v) is 36.6. The quantitative estimate of drug-likeness (QED) is 0.116. The van der Waals surface area contributed by atoms with Crippen molar-refractivity contribution in [3.05, 3.63) is 237 Å². The van der Waals surface area contributed by atoms with E-state index in [1.807, 2.05) is 11.3 Å². The third-order valence-corrected chi connectivity index (χ3v) is 19.3. The first-order valence-electron chi connectivity index (χ1n) is 21.9. The van der Waals surface area contributed by atoms with Crippen LogP contribution >= 0.6 is 11.3 Å². The number of benzene rings is 9. The van der Waals surface area contributed by atoms with Crippen LogP contribution in [0.1, 0.15) is 0 Å². The minimum atomic E-state index is -3.00. The molecule has 13 rings (SSSR count). The number of para-hydroxylation sites is 3. The molecule has 0 aliphatic rings. The first-order chi connectivity index (χ1) is 31.8. The smallest absolute Gasteiger partial charge is 0.203 e. The molecule has 0 bridgehead atoms. The minimum absolute atomic E-state index is 0.971. The molecule has 64 heavy (non-hydrogen) atoms. The average molecular weight is 850 g/mol. The summed E-state index contributed by atoms with van der Waals surface area (Å²) in [6, 6.07) is 86.9. The number of hydrogen-bond acceptors (Lipinski definition) is 2. The molecule has 0 radical (unpaired) electrons. The molecule has 0 aliphatic heterocycles. The van der Waals surface area contributed by atoms with Gasteiger partial charge in [-0.15, -0.1) is 11.3 Å². The molecule has 3 nitrogen and oxygen atoms in total. The second-order valence-corrected chi connectivity index (χ2v) is 21.4. The molecule has 13 aromatic rings. The van der Waals surface area contributed by atoms with Crippen molar-refractivity contribution in [2.75, 3.05) is 0 Å². The van der Waals surface area contributed by atoms with Gasteiger partial charge in [0.25, 0.3) is 0 Å². The van der Waals surface area contributed by atoms with Crippen molar-refractivity contribution in [2.24, 2.45) is 0 Å². The van der Waals surface area contributed by atoms with Crippen LogP contribution < -0.4 is 20.9 Å². The molecule has 0 atom stereocenters. The third kappa shape index (κ3) is 5.48. The summed E-state index contributed by atoms with van der Waals surface area (Å²) in [5, 5.41) is 12.6. The lowest BCUT2D eigenvalue weighted by molar-refractivity contribution is 1.16. The maximum absolute atomic E-state index is 5.80. The zero-order valence-electron chi connectivity index (χ0n) is 34.8. The molecular formula is C59H39N3SSi. The van der Waals surface area contributed by atoms with E-state index in [0.29, 0.717) is 0 Å². The van der Waals surface area contributed by atoms with Gasteiger partial charge in [0, 0.05) is 64.0 Å². The third-order valence-electron chi connectivity index (χ3n) is 13.3. The number of aromatic nitrogens is 3. The Kier molecular flexibility index (Phi) is 8.41. The Labute approximate surface area is 375 Å². The lowest BCUT2D eigenvalue weighted by atomic mass is 10.1. The van der Waals surface area contributed by atoms with Gasteiger partial charge in [-0.2, -0.15) is 0 Å². The standard InChI is InChI=1S/C59H39N3SSi/c1-4-18-41(19-5-1)61-52-29-13-11-25-46(52)50-39-42(35-37-55(50)61)62-53-30-14-10-24-45(53)49-38-40(34-36-54(49)62)51-28-17-33-58(60-51)64(43-20-6-2-7-21-43,44-22-8-3-9-23-44)57-32-16-27-48-47-26-12-15-31-56(47)63-59(48)57/h1-39H. The number of pyridine rings is 1. The number of nitrogens with zero attached hydrogens (tertiary/aromatic N) is 3. The fraction of sp³-hybridized carbons (Fsp3) is 0. The molecule has 0 unspecified atom stereocenters. The Morgan fingerprint density at radius 2 is 0.891 bits per heavy atom. The van der Waals surface area contributed by atoms with Crippen LogP contribution in [0.25, 0.3) is 86.4 Å². The summed E-state index contributed by atoms with van der Waals surface area (Å²) in [5.41, 5.74) is 9.11. The van der Waals surface area contributed by atoms with Crippen LogP contribution in [-0.4, -0.2) is 22.2 Å². The molecular weight excluding hydrogens is 811 g/mol. The summed E-state index contributed by atoms with van der Waals surface area (Å²) in [6.07, 6.45) is 0. The van der Waals surface area contributed by atoms with Gasteiger partial charge < -0.3 is 9.13 Å². The minimum Gasteiger partial charge on any atom is -0.309 e. The van der Waals surface area contributed by atoms with Crippen molar-refractivity contribution in [3.8, 4) is 22.6 Å². The van der Waals surface area contributed by atoms with E-state index in [2.05, 4.69) is 246 Å². The monoisotopic (exact) mass is 849 g/mol. The summed E-state index contributed by atoms with van der Waals surface area (Å²) in [6.45, 7) is 0. The van der Waals surface area contributed by atoms with E-state index < -0.39 is 8.07 Å². The van der Waals surface area contributed by atoms with Gasteiger partial charge in [0.05, 0.1) is 27.8 Å². The largest absolute Gasteiger partial charge is 0.309 e. The summed E-state index contributed by atoms with van der Waals surface area (Å²) in [5.74, 6) is 0. The lowest BCUT2D eigenvalue weighted by Crippen LogP contribution is -2.75. The summed E-state index contributed by atoms with van der Waals surface area (Å²) < 4.78 is 7.46. The molecule has 0 N–H and O–H groups in total. The molecule has 0 amide bonds. The van der Waals surface area contributed by atoms with Crippen LogP contribution in [0, 0.1) is 0 Å². The number of thiophene rings is 1. The van der Waals surface area contributed by atoms with Gasteiger partial charge in [-0.3, -0.25) is 4.98 Å². The predicted octanol–water partition coefficient (Wildman–Crippen LogP) is 12.7. The van der Waals surface area contributed by atoms with Crippen LogP contribution in [0.3, 0.4) is 0 Å². The van der Waals surface area contributed by atoms with Crippen LogP contribution in [0.15, 0.2) is 237 Å². The van der Waals surface area contributed by atoms with Crippen molar-refractivity contribution < 1.29 is 0 Å². The van der Waals surface area contributed by atoms with Crippen LogP contribution in [0.2, 0.25) is 0 Å². The Balaban J connectivity index is 1.01. The highest BCUT2D eigenvalue weighted by molar-refractivity contribution is 7.30. The Hall–Kier alpha value is -7.83. The van der Waals surface area contributed by atoms with Gasteiger partial charge in [0.2, 0.25) is 8.07 Å². The summed E-state index contributed by atoms with van der Waals surface area (Å²) >= 11 is 1.91. The second kappa shape index (κ2) is 14.6. The first-order valence-corrected chi connectivity index (χ1v) is 24.7. The number of rotatable bonds is 7. The van der Waals surface area contributed by atoms with E-state index in [-0.39, 0.29) is 0 Å². The van der Waals surface area contributed by atoms with Gasteiger partial charge in [-0.25, -0.2) is 0 Å². The average Bonchev–Trinajstić information content (AvgIpc) is 4.03. The van der Waals surface area contributed by atoms with Crippen molar-refractivity contribution in [1.29, 1.82) is 0 Å². The summed E-state index contributed by atoms with van der Waals surface area (Å²) in [4.78, 5) is 5.80. The van der Waals surface area contributed by atoms with Crippen LogP contribution in [0.4, 0.5) is 0 Å². The van der Waals surface area contributed by atoms with Crippen LogP contribution in [0.5, 0.6) is 0 Å². The van der Waals surface area contributed by atoms with E-state index in [0.717, 1.165) is 27.9 Å². The lowest BCUT2D eigenvalue weighted by Gasteiger charge is -2.34. The second-order valence-electron chi connectivity index (χ2n) is 16.6. The van der Waals surface area contributed by atoms with Crippen molar-refractivity contribution >= 4 is 104 Å². The SMILES string of the molecule is c1ccc(-n2c3ccccc3c3cc(-n4c5ccccc5c5cc(-c6cccc([Si](c7ccccc7)(c7ccccc7)c7cccc8c7sc7ccccc78)n6)ccc54)ccc32)cc1. The van der Waals surface area contributed by atoms with Gasteiger partial charge in [-0.05, 0) is 88.4 Å². The zero-order chi connectivity index (χ0) is 42.2. The predicted molar refractivity (Wildman–Crippen MR) is 275 cm³/mol. The molecule has 0 spiro atoms. The molecule has 0 fully saturated rings. The van der Waals surface area contributed by atoms with E-state index in [1.54, 1.807) is 0 Å². The molecule has 5 heteroatoms. The molecule has 300 valence electrons. The van der Waals surface area contributed by atoms with E-state index >= 15 is 0 Å². The molecule has 4 aromatic heterocycles. The first kappa shape index (κ1) is 36.8. The Morgan fingerprint density at radius 3 is 1.59 bits per heavy atom. The van der Waals surface area contributed by atoms with Crippen LogP contribution in [-0.2, 0) is 0 Å². The molecule has 4 heterocycles. The van der Waals surface area contributed by atoms with Crippen molar-refractivity contribution in [2.45, 2.75) is 0 Å². The molecule has 0 saturated heterocycles. The van der Waals surface area contributed by atoms with E-state index in [9.17, 15) is 0 Å². The molecule has 0 saturated carbocycles. The highest BCUT2D eigenvalue weighted by Crippen LogP contribution is 2.39. The fourth-order valence-electron chi connectivity index (χ4n) is 10.5. The maximum atomic E-state index is 5.80. The van der Waals surface area contributed by atoms with Gasteiger partial charge in [0.15, 0.2) is 0 Å². The highest BCUT2D eigenvalue weighted by Gasteiger charge is 2.44. The Morgan fingerprint density at radius 1 is 0.359 bits per heavy atom. The van der Waals surface area contributed by atoms with Gasteiger partial charge in [-0.1, -0.05) is 164 Å². The maximum Gasteiger partial charge on any atom is 0.203 e. The van der Waals surface area contributed by atoms with Crippen molar-refractivity contribution in [3.63, 3.8) is 0 Å².